The van der Waals surface area contributed by atoms with Crippen molar-refractivity contribution in [3.63, 3.8) is 0 Å². The van der Waals surface area contributed by atoms with Crippen LogP contribution in [0.25, 0.3) is 0 Å². The first kappa shape index (κ1) is 24.2. The molecule has 1 N–H and O–H groups in total. The maximum absolute atomic E-state index is 12.8. The van der Waals surface area contributed by atoms with Crippen LogP contribution in [0.3, 0.4) is 0 Å². The number of ketones is 1. The predicted octanol–water partition coefficient (Wildman–Crippen LogP) is 4.71. The average Bonchev–Trinajstić information content (AvgIpc) is 2.74. The zero-order valence-electron chi connectivity index (χ0n) is 17.5. The van der Waals surface area contributed by atoms with Crippen molar-refractivity contribution in [3.05, 3.63) is 34.3 Å². The molecule has 0 saturated carbocycles. The number of halogens is 2. The Labute approximate surface area is 189 Å². The van der Waals surface area contributed by atoms with Crippen LogP contribution in [0.1, 0.15) is 6.92 Å². The van der Waals surface area contributed by atoms with Gasteiger partial charge >= 0.3 is 0 Å². The third-order valence-electron chi connectivity index (χ3n) is 4.08. The van der Waals surface area contributed by atoms with Gasteiger partial charge in [-0.05, 0) is 13.0 Å². The monoisotopic (exact) mass is 469 g/mol. The summed E-state index contributed by atoms with van der Waals surface area (Å²) in [4.78, 5) is 24.9. The first-order valence-electron chi connectivity index (χ1n) is 8.80. The number of carbonyl (C=O) groups is 2. The summed E-state index contributed by atoms with van der Waals surface area (Å²) in [5, 5.41) is 11.1. The molecule has 1 amide bonds. The molecule has 2 aromatic rings. The van der Waals surface area contributed by atoms with Crippen molar-refractivity contribution in [1.29, 1.82) is 0 Å². The molecule has 1 atom stereocenters. The number of hydrogen-bond donors (Lipinski definition) is 1. The van der Waals surface area contributed by atoms with E-state index in [1.165, 1.54) is 59.6 Å². The van der Waals surface area contributed by atoms with Gasteiger partial charge in [-0.1, -0.05) is 23.2 Å². The molecular weight excluding hydrogens is 449 g/mol. The standard InChI is InChI=1S/C20H21Cl2N3O6/c1-10(26)18(24-25-19-16(30-4)6-11(21)7-17(19)31-5)20(27)23-13-8-12(22)14(28-2)9-15(13)29-3/h6-9,18H,1-5H3,(H,23,27). The Morgan fingerprint density at radius 2 is 1.42 bits per heavy atom. The minimum absolute atomic E-state index is 0.179. The molecule has 166 valence electrons. The summed E-state index contributed by atoms with van der Waals surface area (Å²) >= 11 is 12.1. The van der Waals surface area contributed by atoms with Gasteiger partial charge < -0.3 is 24.3 Å². The molecule has 0 bridgehead atoms. The Bertz CT molecular complexity index is 988. The maximum Gasteiger partial charge on any atom is 0.258 e. The van der Waals surface area contributed by atoms with Crippen LogP contribution in [-0.4, -0.2) is 46.2 Å². The average molecular weight is 470 g/mol. The largest absolute Gasteiger partial charge is 0.495 e. The fourth-order valence-corrected chi connectivity index (χ4v) is 2.99. The number of rotatable bonds is 9. The fraction of sp³-hybridized carbons (Fsp3) is 0.300. The molecule has 0 aliphatic heterocycles. The van der Waals surface area contributed by atoms with E-state index in [-0.39, 0.29) is 33.6 Å². The molecule has 31 heavy (non-hydrogen) atoms. The highest BCUT2D eigenvalue weighted by Crippen LogP contribution is 2.40. The third-order valence-corrected chi connectivity index (χ3v) is 4.60. The lowest BCUT2D eigenvalue weighted by molar-refractivity contribution is -0.126. The lowest BCUT2D eigenvalue weighted by Gasteiger charge is -2.15. The van der Waals surface area contributed by atoms with E-state index < -0.39 is 17.7 Å². The van der Waals surface area contributed by atoms with Gasteiger partial charge in [0, 0.05) is 23.2 Å². The van der Waals surface area contributed by atoms with Crippen molar-refractivity contribution < 1.29 is 28.5 Å². The molecule has 0 fully saturated rings. The van der Waals surface area contributed by atoms with Gasteiger partial charge in [-0.15, -0.1) is 5.11 Å². The Morgan fingerprint density at radius 1 is 0.871 bits per heavy atom. The number of nitrogens with zero attached hydrogens (tertiary/aromatic N) is 2. The Balaban J connectivity index is 2.37. The molecule has 2 aromatic carbocycles. The van der Waals surface area contributed by atoms with Crippen molar-refractivity contribution in [2.75, 3.05) is 33.8 Å². The number of Topliss-reactive ketones (excluding diaryl/α,β-unsaturated/α-hetero) is 1. The SMILES string of the molecule is COc1cc(OC)c(NC(=O)C(N=Nc2c(OC)cc(Cl)cc2OC)C(C)=O)cc1Cl. The van der Waals surface area contributed by atoms with E-state index in [2.05, 4.69) is 15.5 Å². The summed E-state index contributed by atoms with van der Waals surface area (Å²) in [6.45, 7) is 1.22. The van der Waals surface area contributed by atoms with Crippen LogP contribution in [0.5, 0.6) is 23.0 Å². The van der Waals surface area contributed by atoms with E-state index in [1.54, 1.807) is 0 Å². The van der Waals surface area contributed by atoms with Crippen molar-refractivity contribution in [3.8, 4) is 23.0 Å². The van der Waals surface area contributed by atoms with Gasteiger partial charge in [-0.2, -0.15) is 5.11 Å². The van der Waals surface area contributed by atoms with E-state index in [4.69, 9.17) is 42.1 Å². The number of anilines is 1. The van der Waals surface area contributed by atoms with Gasteiger partial charge in [0.2, 0.25) is 6.04 Å². The van der Waals surface area contributed by atoms with E-state index >= 15 is 0 Å². The fourth-order valence-electron chi connectivity index (χ4n) is 2.55. The zero-order valence-corrected chi connectivity index (χ0v) is 19.0. The lowest BCUT2D eigenvalue weighted by atomic mass is 10.2. The number of amides is 1. The quantitative estimate of drug-likeness (QED) is 0.420. The van der Waals surface area contributed by atoms with Gasteiger partial charge in [-0.25, -0.2) is 0 Å². The van der Waals surface area contributed by atoms with E-state index in [1.807, 2.05) is 0 Å². The van der Waals surface area contributed by atoms with Crippen LogP contribution in [0, 0.1) is 0 Å². The molecule has 9 nitrogen and oxygen atoms in total. The molecule has 1 unspecified atom stereocenters. The van der Waals surface area contributed by atoms with Crippen molar-refractivity contribution in [2.24, 2.45) is 10.2 Å². The summed E-state index contributed by atoms with van der Waals surface area (Å²) < 4.78 is 20.8. The van der Waals surface area contributed by atoms with Gasteiger partial charge in [0.25, 0.3) is 5.91 Å². The summed E-state index contributed by atoms with van der Waals surface area (Å²) in [6, 6.07) is 4.51. The highest BCUT2D eigenvalue weighted by molar-refractivity contribution is 6.32. The van der Waals surface area contributed by atoms with Gasteiger partial charge in [0.1, 0.15) is 11.5 Å². The second-order valence-corrected chi connectivity index (χ2v) is 6.91. The van der Waals surface area contributed by atoms with Crippen LogP contribution < -0.4 is 24.3 Å². The van der Waals surface area contributed by atoms with Crippen LogP contribution in [0.15, 0.2) is 34.5 Å². The van der Waals surface area contributed by atoms with Crippen molar-refractivity contribution >= 4 is 46.3 Å². The summed E-state index contributed by atoms with van der Waals surface area (Å²) in [6.07, 6.45) is 0. The molecule has 0 radical (unpaired) electrons. The molecule has 0 spiro atoms. The van der Waals surface area contributed by atoms with E-state index in [9.17, 15) is 9.59 Å². The van der Waals surface area contributed by atoms with Crippen LogP contribution in [0.4, 0.5) is 11.4 Å². The number of carbonyl (C=O) groups excluding carboxylic acids is 2. The minimum atomic E-state index is -1.45. The van der Waals surface area contributed by atoms with E-state index in [0.717, 1.165) is 0 Å². The number of nitrogens with one attached hydrogen (secondary N) is 1. The highest BCUT2D eigenvalue weighted by atomic mass is 35.5. The molecule has 0 saturated heterocycles. The molecular formula is C20H21Cl2N3O6. The first-order valence-corrected chi connectivity index (χ1v) is 9.56. The Morgan fingerprint density at radius 3 is 1.90 bits per heavy atom. The molecule has 0 aliphatic rings. The van der Waals surface area contributed by atoms with Crippen molar-refractivity contribution in [2.45, 2.75) is 13.0 Å². The summed E-state index contributed by atoms with van der Waals surface area (Å²) in [5.41, 5.74) is 0.417. The first-order chi connectivity index (χ1) is 14.7. The molecule has 0 aliphatic carbocycles. The number of hydrogen-bond acceptors (Lipinski definition) is 8. The highest BCUT2D eigenvalue weighted by Gasteiger charge is 2.25. The predicted molar refractivity (Wildman–Crippen MR) is 117 cm³/mol. The lowest BCUT2D eigenvalue weighted by Crippen LogP contribution is -2.32. The van der Waals surface area contributed by atoms with Gasteiger partial charge in [0.05, 0.1) is 39.1 Å². The number of ether oxygens (including phenoxy) is 4. The number of methoxy groups -OCH3 is 4. The zero-order chi connectivity index (χ0) is 23.1. The van der Waals surface area contributed by atoms with Crippen LogP contribution in [-0.2, 0) is 9.59 Å². The normalized spacial score (nSPS) is 11.7. The minimum Gasteiger partial charge on any atom is -0.495 e. The topological polar surface area (TPSA) is 108 Å². The number of azo groups is 1. The smallest absolute Gasteiger partial charge is 0.258 e. The van der Waals surface area contributed by atoms with Crippen LogP contribution >= 0.6 is 23.2 Å². The Hall–Kier alpha value is -3.04. The molecule has 11 heteroatoms. The summed E-state index contributed by atoms with van der Waals surface area (Å²) in [5.74, 6) is -0.0932. The van der Waals surface area contributed by atoms with Gasteiger partial charge in [0.15, 0.2) is 23.0 Å². The summed E-state index contributed by atoms with van der Waals surface area (Å²) in [7, 11) is 5.70. The van der Waals surface area contributed by atoms with Crippen molar-refractivity contribution in [1.82, 2.24) is 0 Å². The second-order valence-electron chi connectivity index (χ2n) is 6.06. The third kappa shape index (κ3) is 5.77. The molecule has 0 aromatic heterocycles. The van der Waals surface area contributed by atoms with Gasteiger partial charge in [-0.3, -0.25) is 9.59 Å². The Kier molecular flexibility index (Phi) is 8.47. The van der Waals surface area contributed by atoms with Crippen LogP contribution in [0.2, 0.25) is 10.0 Å². The molecule has 0 heterocycles. The maximum atomic E-state index is 12.8. The number of benzene rings is 2. The second kappa shape index (κ2) is 10.8. The van der Waals surface area contributed by atoms with E-state index in [0.29, 0.717) is 10.8 Å². The molecule has 2 rings (SSSR count).